The molecule has 1 aliphatic carbocycles. The van der Waals surface area contributed by atoms with Gasteiger partial charge in [0.15, 0.2) is 0 Å². The lowest BCUT2D eigenvalue weighted by atomic mass is 9.78. The maximum Gasteiger partial charge on any atom is 0.141 e. The number of halogens is 2. The summed E-state index contributed by atoms with van der Waals surface area (Å²) in [6.45, 7) is 0. The zero-order chi connectivity index (χ0) is 10.1. The Morgan fingerprint density at radius 2 is 2.14 bits per heavy atom. The molecule has 0 amide bonds. The van der Waals surface area contributed by atoms with E-state index in [1.807, 2.05) is 0 Å². The molecule has 0 bridgehead atoms. The highest BCUT2D eigenvalue weighted by molar-refractivity contribution is 6.30. The first-order chi connectivity index (χ1) is 6.68. The molecular weight excluding hydrogens is 201 g/mol. The molecule has 1 saturated carbocycles. The summed E-state index contributed by atoms with van der Waals surface area (Å²) in [5, 5.41) is 0.164. The summed E-state index contributed by atoms with van der Waals surface area (Å²) in [7, 11) is 0. The minimum absolute atomic E-state index is 0.0156. The Balaban J connectivity index is 2.18. The summed E-state index contributed by atoms with van der Waals surface area (Å²) in [6, 6.07) is 4.77. The lowest BCUT2D eigenvalue weighted by Gasteiger charge is -2.31. The molecule has 3 heteroatoms. The summed E-state index contributed by atoms with van der Waals surface area (Å²) in [6.07, 6.45) is 3.61. The number of hydrogen-bond donors (Lipinski definition) is 1. The van der Waals surface area contributed by atoms with E-state index in [2.05, 4.69) is 0 Å². The Bertz CT molecular complexity index is 336. The van der Waals surface area contributed by atoms with Crippen LogP contribution < -0.4 is 5.73 Å². The van der Waals surface area contributed by atoms with Crippen LogP contribution >= 0.6 is 11.6 Å². The lowest BCUT2D eigenvalue weighted by molar-refractivity contribution is 0.264. The summed E-state index contributed by atoms with van der Waals surface area (Å²) in [5.74, 6) is 0.174. The molecule has 1 aromatic rings. The van der Waals surface area contributed by atoms with Crippen LogP contribution in [0, 0.1) is 11.7 Å². The van der Waals surface area contributed by atoms with Crippen LogP contribution in [-0.4, -0.2) is 0 Å². The molecule has 0 heterocycles. The smallest absolute Gasteiger partial charge is 0.141 e. The van der Waals surface area contributed by atoms with Gasteiger partial charge in [-0.3, -0.25) is 0 Å². The fourth-order valence-electron chi connectivity index (χ4n) is 1.79. The van der Waals surface area contributed by atoms with Gasteiger partial charge in [0, 0.05) is 6.04 Å². The van der Waals surface area contributed by atoms with Gasteiger partial charge in [-0.2, -0.15) is 0 Å². The minimum Gasteiger partial charge on any atom is -0.324 e. The normalized spacial score (nSPS) is 19.1. The van der Waals surface area contributed by atoms with Crippen LogP contribution in [0.15, 0.2) is 18.2 Å². The molecule has 0 radical (unpaired) electrons. The van der Waals surface area contributed by atoms with E-state index in [4.69, 9.17) is 17.3 Å². The van der Waals surface area contributed by atoms with Crippen molar-refractivity contribution in [3.05, 3.63) is 34.6 Å². The monoisotopic (exact) mass is 213 g/mol. The van der Waals surface area contributed by atoms with E-state index in [1.54, 1.807) is 12.1 Å². The summed E-state index contributed by atoms with van der Waals surface area (Å²) < 4.78 is 12.9. The van der Waals surface area contributed by atoms with E-state index >= 15 is 0 Å². The topological polar surface area (TPSA) is 26.0 Å². The molecule has 0 saturated heterocycles. The molecule has 1 fully saturated rings. The molecule has 1 aliphatic rings. The van der Waals surface area contributed by atoms with Crippen molar-refractivity contribution in [2.75, 3.05) is 0 Å². The number of rotatable bonds is 2. The summed E-state index contributed by atoms with van der Waals surface area (Å²) >= 11 is 5.69. The van der Waals surface area contributed by atoms with E-state index in [1.165, 1.54) is 25.3 Å². The van der Waals surface area contributed by atoms with E-state index in [-0.39, 0.29) is 16.9 Å². The second-order valence-electron chi connectivity index (χ2n) is 3.89. The fraction of sp³-hybridized carbons (Fsp3) is 0.455. The molecule has 0 spiro atoms. The highest BCUT2D eigenvalue weighted by atomic mass is 35.5. The van der Waals surface area contributed by atoms with Gasteiger partial charge in [0.25, 0.3) is 0 Å². The van der Waals surface area contributed by atoms with Crippen LogP contribution in [0.3, 0.4) is 0 Å². The van der Waals surface area contributed by atoms with Gasteiger partial charge < -0.3 is 5.73 Å². The summed E-state index contributed by atoms with van der Waals surface area (Å²) in [4.78, 5) is 0. The predicted molar refractivity (Wildman–Crippen MR) is 55.7 cm³/mol. The van der Waals surface area contributed by atoms with Crippen molar-refractivity contribution < 1.29 is 4.39 Å². The quantitative estimate of drug-likeness (QED) is 0.802. The molecule has 76 valence electrons. The SMILES string of the molecule is NC(c1ccc(F)c(Cl)c1)C1CCC1. The Morgan fingerprint density at radius 1 is 1.43 bits per heavy atom. The average molecular weight is 214 g/mol. The van der Waals surface area contributed by atoms with Gasteiger partial charge in [0.2, 0.25) is 0 Å². The van der Waals surface area contributed by atoms with Crippen LogP contribution in [0.5, 0.6) is 0 Å². The number of benzene rings is 1. The van der Waals surface area contributed by atoms with Crippen molar-refractivity contribution in [1.29, 1.82) is 0 Å². The number of nitrogens with two attached hydrogens (primary N) is 1. The molecule has 0 aliphatic heterocycles. The van der Waals surface area contributed by atoms with E-state index in [9.17, 15) is 4.39 Å². The maximum absolute atomic E-state index is 12.9. The molecule has 1 aromatic carbocycles. The molecule has 0 aromatic heterocycles. The van der Waals surface area contributed by atoms with Crippen LogP contribution in [0.2, 0.25) is 5.02 Å². The van der Waals surface area contributed by atoms with Gasteiger partial charge in [0.1, 0.15) is 5.82 Å². The van der Waals surface area contributed by atoms with Gasteiger partial charge in [-0.05, 0) is 36.5 Å². The third-order valence-corrected chi connectivity index (χ3v) is 3.28. The van der Waals surface area contributed by atoms with Gasteiger partial charge in [-0.25, -0.2) is 4.39 Å². The molecule has 2 N–H and O–H groups in total. The second kappa shape index (κ2) is 3.87. The fourth-order valence-corrected chi connectivity index (χ4v) is 1.98. The van der Waals surface area contributed by atoms with Crippen LogP contribution in [-0.2, 0) is 0 Å². The zero-order valence-electron chi connectivity index (χ0n) is 7.84. The van der Waals surface area contributed by atoms with Gasteiger partial charge in [-0.15, -0.1) is 0 Å². The number of hydrogen-bond acceptors (Lipinski definition) is 1. The molecule has 1 atom stereocenters. The van der Waals surface area contributed by atoms with Crippen LogP contribution in [0.25, 0.3) is 0 Å². The first kappa shape index (κ1) is 9.94. The Morgan fingerprint density at radius 3 is 2.64 bits per heavy atom. The largest absolute Gasteiger partial charge is 0.324 e. The third kappa shape index (κ3) is 1.77. The molecular formula is C11H13ClFN. The van der Waals surface area contributed by atoms with E-state index in [0.29, 0.717) is 5.92 Å². The van der Waals surface area contributed by atoms with Crippen molar-refractivity contribution >= 4 is 11.6 Å². The Kier molecular flexibility index (Phi) is 2.75. The van der Waals surface area contributed by atoms with Crippen molar-refractivity contribution in [2.24, 2.45) is 11.7 Å². The van der Waals surface area contributed by atoms with Crippen LogP contribution in [0.4, 0.5) is 4.39 Å². The summed E-state index contributed by atoms with van der Waals surface area (Å²) in [5.41, 5.74) is 6.98. The van der Waals surface area contributed by atoms with E-state index < -0.39 is 0 Å². The van der Waals surface area contributed by atoms with Gasteiger partial charge in [0.05, 0.1) is 5.02 Å². The third-order valence-electron chi connectivity index (χ3n) is 2.99. The van der Waals surface area contributed by atoms with Gasteiger partial charge >= 0.3 is 0 Å². The standard InChI is InChI=1S/C11H13ClFN/c12-9-6-8(4-5-10(9)13)11(14)7-2-1-3-7/h4-7,11H,1-3,14H2. The average Bonchev–Trinajstić information content (AvgIpc) is 2.06. The Labute approximate surface area is 88.1 Å². The lowest BCUT2D eigenvalue weighted by Crippen LogP contribution is -2.26. The van der Waals surface area contributed by atoms with Gasteiger partial charge in [-0.1, -0.05) is 24.1 Å². The highest BCUT2D eigenvalue weighted by Gasteiger charge is 2.25. The molecule has 1 unspecified atom stereocenters. The second-order valence-corrected chi connectivity index (χ2v) is 4.30. The van der Waals surface area contributed by atoms with Crippen molar-refractivity contribution in [1.82, 2.24) is 0 Å². The van der Waals surface area contributed by atoms with Crippen LogP contribution in [0.1, 0.15) is 30.9 Å². The van der Waals surface area contributed by atoms with Crippen molar-refractivity contribution in [3.8, 4) is 0 Å². The highest BCUT2D eigenvalue weighted by Crippen LogP contribution is 2.36. The zero-order valence-corrected chi connectivity index (χ0v) is 8.60. The molecule has 14 heavy (non-hydrogen) atoms. The Hall–Kier alpha value is -0.600. The molecule has 2 rings (SSSR count). The molecule has 1 nitrogen and oxygen atoms in total. The predicted octanol–water partition coefficient (Wildman–Crippen LogP) is 3.28. The van der Waals surface area contributed by atoms with Crippen molar-refractivity contribution in [3.63, 3.8) is 0 Å². The first-order valence-electron chi connectivity index (χ1n) is 4.89. The minimum atomic E-state index is -0.378. The first-order valence-corrected chi connectivity index (χ1v) is 5.27. The van der Waals surface area contributed by atoms with Crippen molar-refractivity contribution in [2.45, 2.75) is 25.3 Å². The maximum atomic E-state index is 12.9. The van der Waals surface area contributed by atoms with E-state index in [0.717, 1.165) is 5.56 Å².